The number of hydrogen-bond donors (Lipinski definition) is 3. The van der Waals surface area contributed by atoms with Crippen LogP contribution in [0.4, 0.5) is 5.69 Å². The largest absolute Gasteiger partial charge is 0.478 e. The van der Waals surface area contributed by atoms with Crippen LogP contribution < -0.4 is 10.5 Å². The van der Waals surface area contributed by atoms with E-state index in [2.05, 4.69) is 5.32 Å². The van der Waals surface area contributed by atoms with Crippen molar-refractivity contribution in [1.82, 2.24) is 0 Å². The highest BCUT2D eigenvalue weighted by Gasteiger charge is 2.10. The first-order valence-electron chi connectivity index (χ1n) is 5.54. The van der Waals surface area contributed by atoms with Crippen LogP contribution in [0.2, 0.25) is 0 Å². The molecule has 2 aromatic rings. The number of carboxylic acid groups (broad SMARTS) is 1. The lowest BCUT2D eigenvalue weighted by atomic mass is 10.3. The second kappa shape index (κ2) is 5.35. The average Bonchev–Trinajstić information content (AvgIpc) is 2.85. The minimum absolute atomic E-state index is 0.00632. The molecule has 7 nitrogen and oxygen atoms in total. The number of carboxylic acids is 1. The van der Waals surface area contributed by atoms with E-state index in [0.717, 1.165) is 6.26 Å². The first-order chi connectivity index (χ1) is 9.36. The monoisotopic (exact) mass is 296 g/mol. The topological polar surface area (TPSA) is 123 Å². The van der Waals surface area contributed by atoms with Gasteiger partial charge in [0.25, 0.3) is 0 Å². The van der Waals surface area contributed by atoms with Crippen LogP contribution in [0.5, 0.6) is 0 Å². The van der Waals surface area contributed by atoms with Crippen LogP contribution in [0.3, 0.4) is 0 Å². The third-order valence-electron chi connectivity index (χ3n) is 2.53. The molecule has 0 fully saturated rings. The quantitative estimate of drug-likeness (QED) is 0.762. The molecule has 0 aliphatic carbocycles. The normalized spacial score (nSPS) is 11.2. The van der Waals surface area contributed by atoms with Gasteiger partial charge in [-0.25, -0.2) is 18.4 Å². The molecule has 1 aromatic heterocycles. The number of anilines is 1. The fourth-order valence-electron chi connectivity index (χ4n) is 1.56. The summed E-state index contributed by atoms with van der Waals surface area (Å²) in [7, 11) is -3.76. The van der Waals surface area contributed by atoms with Gasteiger partial charge in [0.2, 0.25) is 10.0 Å². The van der Waals surface area contributed by atoms with Gasteiger partial charge in [-0.2, -0.15) is 0 Å². The van der Waals surface area contributed by atoms with E-state index in [1.165, 1.54) is 18.2 Å². The number of nitrogens with one attached hydrogen (secondary N) is 1. The van der Waals surface area contributed by atoms with Crippen molar-refractivity contribution in [3.8, 4) is 0 Å². The number of hydrogen-bond acceptors (Lipinski definition) is 5. The predicted octanol–water partition coefficient (Wildman–Crippen LogP) is 1.24. The highest BCUT2D eigenvalue weighted by Crippen LogP contribution is 2.16. The predicted molar refractivity (Wildman–Crippen MR) is 70.8 cm³/mol. The van der Waals surface area contributed by atoms with Crippen molar-refractivity contribution in [3.63, 3.8) is 0 Å². The van der Waals surface area contributed by atoms with E-state index in [1.807, 2.05) is 0 Å². The van der Waals surface area contributed by atoms with E-state index >= 15 is 0 Å². The maximum atomic E-state index is 11.2. The lowest BCUT2D eigenvalue weighted by Crippen LogP contribution is -2.12. The summed E-state index contributed by atoms with van der Waals surface area (Å²) in [6, 6.07) is 7.37. The highest BCUT2D eigenvalue weighted by molar-refractivity contribution is 7.89. The molecule has 4 N–H and O–H groups in total. The smallest absolute Gasteiger partial charge is 0.338 e. The molecule has 0 atom stereocenters. The molecule has 20 heavy (non-hydrogen) atoms. The van der Waals surface area contributed by atoms with Gasteiger partial charge >= 0.3 is 5.97 Å². The first kappa shape index (κ1) is 14.1. The van der Waals surface area contributed by atoms with Gasteiger partial charge in [-0.15, -0.1) is 0 Å². The van der Waals surface area contributed by atoms with E-state index in [9.17, 15) is 13.2 Å². The van der Waals surface area contributed by atoms with Crippen molar-refractivity contribution in [1.29, 1.82) is 0 Å². The van der Waals surface area contributed by atoms with E-state index in [4.69, 9.17) is 14.7 Å². The SMILES string of the molecule is NS(=O)(=O)c1cccc(NCc2cc(C(=O)O)co2)c1. The number of sulfonamides is 1. The summed E-state index contributed by atoms with van der Waals surface area (Å²) in [5.74, 6) is -0.653. The lowest BCUT2D eigenvalue weighted by Gasteiger charge is -2.05. The van der Waals surface area contributed by atoms with Gasteiger partial charge in [0, 0.05) is 5.69 Å². The minimum Gasteiger partial charge on any atom is -0.478 e. The molecule has 0 amide bonds. The third-order valence-corrected chi connectivity index (χ3v) is 3.44. The fourth-order valence-corrected chi connectivity index (χ4v) is 2.12. The maximum absolute atomic E-state index is 11.2. The summed E-state index contributed by atoms with van der Waals surface area (Å²) in [5.41, 5.74) is 0.588. The number of benzene rings is 1. The van der Waals surface area contributed by atoms with E-state index in [0.29, 0.717) is 11.4 Å². The van der Waals surface area contributed by atoms with Crippen molar-refractivity contribution < 1.29 is 22.7 Å². The van der Waals surface area contributed by atoms with E-state index in [-0.39, 0.29) is 17.0 Å². The van der Waals surface area contributed by atoms with Crippen molar-refractivity contribution in [3.05, 3.63) is 47.9 Å². The Morgan fingerprint density at radius 3 is 2.70 bits per heavy atom. The van der Waals surface area contributed by atoms with Crippen LogP contribution in [-0.2, 0) is 16.6 Å². The van der Waals surface area contributed by atoms with Gasteiger partial charge in [-0.05, 0) is 24.3 Å². The van der Waals surface area contributed by atoms with Gasteiger partial charge in [0.15, 0.2) is 0 Å². The number of aromatic carboxylic acids is 1. The average molecular weight is 296 g/mol. The summed E-state index contributed by atoms with van der Waals surface area (Å²) < 4.78 is 27.5. The van der Waals surface area contributed by atoms with Crippen molar-refractivity contribution in [2.45, 2.75) is 11.4 Å². The molecule has 0 bridgehead atoms. The van der Waals surface area contributed by atoms with Gasteiger partial charge < -0.3 is 14.8 Å². The van der Waals surface area contributed by atoms with Gasteiger partial charge in [-0.1, -0.05) is 6.07 Å². The number of furan rings is 1. The summed E-state index contributed by atoms with van der Waals surface area (Å²) in [4.78, 5) is 10.7. The van der Waals surface area contributed by atoms with Crippen molar-refractivity contribution >= 4 is 21.7 Å². The second-order valence-electron chi connectivity index (χ2n) is 4.03. The first-order valence-corrected chi connectivity index (χ1v) is 7.08. The molecule has 2 rings (SSSR count). The molecule has 0 unspecified atom stereocenters. The molecule has 0 aliphatic rings. The molecular formula is C12H12N2O5S. The summed E-state index contributed by atoms with van der Waals surface area (Å²) in [6.45, 7) is 0.224. The summed E-state index contributed by atoms with van der Waals surface area (Å²) >= 11 is 0. The number of carbonyl (C=O) groups is 1. The second-order valence-corrected chi connectivity index (χ2v) is 5.59. The maximum Gasteiger partial charge on any atom is 0.338 e. The van der Waals surface area contributed by atoms with Gasteiger partial charge in [-0.3, -0.25) is 0 Å². The zero-order chi connectivity index (χ0) is 14.8. The van der Waals surface area contributed by atoms with Gasteiger partial charge in [0.05, 0.1) is 17.0 Å². The Labute approximate surface area is 115 Å². The molecule has 106 valence electrons. The molecule has 0 saturated heterocycles. The van der Waals surface area contributed by atoms with Crippen LogP contribution in [0.15, 0.2) is 45.9 Å². The van der Waals surface area contributed by atoms with E-state index < -0.39 is 16.0 Å². The van der Waals surface area contributed by atoms with Crippen LogP contribution >= 0.6 is 0 Å². The van der Waals surface area contributed by atoms with Crippen LogP contribution in [0.25, 0.3) is 0 Å². The third kappa shape index (κ3) is 3.37. The molecule has 1 heterocycles. The van der Waals surface area contributed by atoms with Crippen LogP contribution in [-0.4, -0.2) is 19.5 Å². The summed E-state index contributed by atoms with van der Waals surface area (Å²) in [5, 5.41) is 16.7. The molecule has 0 saturated carbocycles. The Kier molecular flexibility index (Phi) is 3.77. The Morgan fingerprint density at radius 2 is 2.10 bits per heavy atom. The van der Waals surface area contributed by atoms with Crippen molar-refractivity contribution in [2.24, 2.45) is 5.14 Å². The molecule has 0 spiro atoms. The Hall–Kier alpha value is -2.32. The van der Waals surface area contributed by atoms with Gasteiger partial charge in [0.1, 0.15) is 12.0 Å². The van der Waals surface area contributed by atoms with Crippen molar-refractivity contribution in [2.75, 3.05) is 5.32 Å². The minimum atomic E-state index is -3.76. The zero-order valence-corrected chi connectivity index (χ0v) is 11.1. The molecule has 0 radical (unpaired) electrons. The van der Waals surface area contributed by atoms with E-state index in [1.54, 1.807) is 12.1 Å². The van der Waals surface area contributed by atoms with Crippen LogP contribution in [0, 0.1) is 0 Å². The lowest BCUT2D eigenvalue weighted by molar-refractivity contribution is 0.0696. The standard InChI is InChI=1S/C12H12N2O5S/c13-20(17,18)11-3-1-2-9(5-11)14-6-10-4-8(7-19-10)12(15)16/h1-5,7,14H,6H2,(H,15,16)(H2,13,17,18). The number of rotatable bonds is 5. The Balaban J connectivity index is 2.09. The Bertz CT molecular complexity index is 736. The van der Waals surface area contributed by atoms with Crippen LogP contribution in [0.1, 0.15) is 16.1 Å². The molecule has 8 heteroatoms. The summed E-state index contributed by atoms with van der Waals surface area (Å²) in [6.07, 6.45) is 1.14. The fraction of sp³-hybridized carbons (Fsp3) is 0.0833. The highest BCUT2D eigenvalue weighted by atomic mass is 32.2. The molecule has 0 aliphatic heterocycles. The molecular weight excluding hydrogens is 284 g/mol. The molecule has 1 aromatic carbocycles. The Morgan fingerprint density at radius 1 is 1.35 bits per heavy atom. The zero-order valence-electron chi connectivity index (χ0n) is 10.2. The number of nitrogens with two attached hydrogens (primary N) is 1. The number of primary sulfonamides is 1.